The van der Waals surface area contributed by atoms with Crippen LogP contribution in [0.1, 0.15) is 13.8 Å². The van der Waals surface area contributed by atoms with Gasteiger partial charge in [0.1, 0.15) is 5.82 Å². The summed E-state index contributed by atoms with van der Waals surface area (Å²) < 4.78 is 0. The molecule has 0 aromatic carbocycles. The van der Waals surface area contributed by atoms with Gasteiger partial charge in [-0.3, -0.25) is 0 Å². The van der Waals surface area contributed by atoms with Crippen LogP contribution in [0, 0.1) is 0 Å². The fraction of sp³-hybridized carbons (Fsp3) is 0.600. The van der Waals surface area contributed by atoms with E-state index >= 15 is 0 Å². The molecular formula is C10H17ClN4. The third-order valence-corrected chi connectivity index (χ3v) is 2.51. The van der Waals surface area contributed by atoms with Crippen LogP contribution in [0.5, 0.6) is 0 Å². The maximum atomic E-state index is 5.83. The molecule has 1 aromatic rings. The van der Waals surface area contributed by atoms with E-state index in [0.717, 1.165) is 5.82 Å². The Labute approximate surface area is 95.7 Å². The summed E-state index contributed by atoms with van der Waals surface area (Å²) in [5.41, 5.74) is -0.167. The fourth-order valence-electron chi connectivity index (χ4n) is 1.01. The number of anilines is 2. The van der Waals surface area contributed by atoms with Crippen molar-refractivity contribution < 1.29 is 0 Å². The van der Waals surface area contributed by atoms with E-state index in [4.69, 9.17) is 11.6 Å². The quantitative estimate of drug-likeness (QED) is 0.801. The lowest BCUT2D eigenvalue weighted by Gasteiger charge is -2.24. The van der Waals surface area contributed by atoms with Crippen LogP contribution in [-0.2, 0) is 0 Å². The molecule has 1 N–H and O–H groups in total. The van der Waals surface area contributed by atoms with E-state index in [2.05, 4.69) is 15.3 Å². The monoisotopic (exact) mass is 228 g/mol. The fourth-order valence-corrected chi connectivity index (χ4v) is 1.08. The lowest BCUT2D eigenvalue weighted by atomic mass is 10.1. The van der Waals surface area contributed by atoms with Crippen molar-refractivity contribution in [2.45, 2.75) is 19.4 Å². The van der Waals surface area contributed by atoms with Crippen LogP contribution in [-0.4, -0.2) is 35.5 Å². The highest BCUT2D eigenvalue weighted by Crippen LogP contribution is 2.15. The van der Waals surface area contributed by atoms with Crippen molar-refractivity contribution in [2.75, 3.05) is 30.2 Å². The number of aromatic nitrogens is 2. The predicted molar refractivity (Wildman–Crippen MR) is 64.8 cm³/mol. The van der Waals surface area contributed by atoms with Crippen LogP contribution in [0.2, 0.25) is 0 Å². The molecule has 84 valence electrons. The Morgan fingerprint density at radius 2 is 2.13 bits per heavy atom. The maximum absolute atomic E-state index is 5.83. The van der Waals surface area contributed by atoms with Crippen molar-refractivity contribution in [1.29, 1.82) is 0 Å². The summed E-state index contributed by atoms with van der Waals surface area (Å²) in [6, 6.07) is 1.83. The average molecular weight is 229 g/mol. The van der Waals surface area contributed by atoms with Gasteiger partial charge in [0, 0.05) is 31.7 Å². The first kappa shape index (κ1) is 12.0. The minimum Gasteiger partial charge on any atom is -0.364 e. The molecule has 0 aliphatic rings. The van der Waals surface area contributed by atoms with Gasteiger partial charge < -0.3 is 10.2 Å². The van der Waals surface area contributed by atoms with Crippen molar-refractivity contribution >= 4 is 23.4 Å². The summed E-state index contributed by atoms with van der Waals surface area (Å²) in [6.07, 6.45) is 1.73. The lowest BCUT2D eigenvalue weighted by Crippen LogP contribution is -2.33. The van der Waals surface area contributed by atoms with Gasteiger partial charge in [-0.1, -0.05) is 0 Å². The van der Waals surface area contributed by atoms with E-state index in [1.54, 1.807) is 6.20 Å². The third kappa shape index (κ3) is 3.55. The first-order valence-electron chi connectivity index (χ1n) is 4.79. The molecule has 0 bridgehead atoms. The minimum atomic E-state index is -0.167. The number of hydrogen-bond acceptors (Lipinski definition) is 4. The van der Waals surface area contributed by atoms with Gasteiger partial charge in [-0.05, 0) is 19.9 Å². The van der Waals surface area contributed by atoms with Crippen LogP contribution >= 0.6 is 11.6 Å². The largest absolute Gasteiger partial charge is 0.364 e. The SMILES string of the molecule is CN(C)c1nccc(NC(C)(C)CCl)n1. The highest BCUT2D eigenvalue weighted by atomic mass is 35.5. The first-order valence-corrected chi connectivity index (χ1v) is 5.32. The zero-order valence-electron chi connectivity index (χ0n) is 9.58. The topological polar surface area (TPSA) is 41.1 Å². The molecular weight excluding hydrogens is 212 g/mol. The minimum absolute atomic E-state index is 0.167. The van der Waals surface area contributed by atoms with Gasteiger partial charge >= 0.3 is 0 Å². The van der Waals surface area contributed by atoms with E-state index in [9.17, 15) is 0 Å². The van der Waals surface area contributed by atoms with E-state index in [-0.39, 0.29) is 5.54 Å². The molecule has 0 aliphatic carbocycles. The number of hydrogen-bond donors (Lipinski definition) is 1. The van der Waals surface area contributed by atoms with E-state index in [1.807, 2.05) is 38.9 Å². The summed E-state index contributed by atoms with van der Waals surface area (Å²) >= 11 is 5.83. The Morgan fingerprint density at radius 1 is 1.47 bits per heavy atom. The molecule has 5 heteroatoms. The molecule has 0 atom stereocenters. The second kappa shape index (κ2) is 4.66. The van der Waals surface area contributed by atoms with E-state index in [1.165, 1.54) is 0 Å². The van der Waals surface area contributed by atoms with Crippen LogP contribution in [0.15, 0.2) is 12.3 Å². The molecule has 4 nitrogen and oxygen atoms in total. The highest BCUT2D eigenvalue weighted by Gasteiger charge is 2.16. The molecule has 0 amide bonds. The number of rotatable bonds is 4. The summed E-state index contributed by atoms with van der Waals surface area (Å²) in [5.74, 6) is 2.00. The Hall–Kier alpha value is -1.03. The molecule has 0 aliphatic heterocycles. The molecule has 0 saturated heterocycles. The number of halogens is 1. The molecule has 1 heterocycles. The Kier molecular flexibility index (Phi) is 3.74. The lowest BCUT2D eigenvalue weighted by molar-refractivity contribution is 0.637. The molecule has 1 aromatic heterocycles. The standard InChI is InChI=1S/C10H17ClN4/c1-10(2,7-11)14-8-5-6-12-9(13-8)15(3)4/h5-6H,7H2,1-4H3,(H,12,13,14). The molecule has 0 fully saturated rings. The average Bonchev–Trinajstić information content (AvgIpc) is 2.17. The second-order valence-corrected chi connectivity index (χ2v) is 4.55. The van der Waals surface area contributed by atoms with Gasteiger partial charge in [0.15, 0.2) is 0 Å². The van der Waals surface area contributed by atoms with Crippen LogP contribution in [0.3, 0.4) is 0 Å². The molecule has 0 unspecified atom stereocenters. The Morgan fingerprint density at radius 3 is 2.67 bits per heavy atom. The summed E-state index contributed by atoms with van der Waals surface area (Å²) in [4.78, 5) is 10.3. The van der Waals surface area contributed by atoms with Crippen molar-refractivity contribution in [3.63, 3.8) is 0 Å². The molecule has 15 heavy (non-hydrogen) atoms. The Balaban J connectivity index is 2.82. The second-order valence-electron chi connectivity index (χ2n) is 4.28. The zero-order chi connectivity index (χ0) is 11.5. The van der Waals surface area contributed by atoms with Gasteiger partial charge in [0.05, 0.1) is 0 Å². The maximum Gasteiger partial charge on any atom is 0.226 e. The molecule has 0 radical (unpaired) electrons. The van der Waals surface area contributed by atoms with Crippen molar-refractivity contribution in [2.24, 2.45) is 0 Å². The van der Waals surface area contributed by atoms with Crippen molar-refractivity contribution in [3.05, 3.63) is 12.3 Å². The zero-order valence-corrected chi connectivity index (χ0v) is 10.3. The first-order chi connectivity index (χ1) is 6.94. The molecule has 1 rings (SSSR count). The number of nitrogens with one attached hydrogen (secondary N) is 1. The van der Waals surface area contributed by atoms with Crippen molar-refractivity contribution in [3.8, 4) is 0 Å². The highest BCUT2D eigenvalue weighted by molar-refractivity contribution is 6.18. The van der Waals surface area contributed by atoms with Gasteiger partial charge in [-0.2, -0.15) is 4.98 Å². The summed E-state index contributed by atoms with van der Waals surface area (Å²) in [7, 11) is 3.82. The van der Waals surface area contributed by atoms with Gasteiger partial charge in [0.2, 0.25) is 5.95 Å². The van der Waals surface area contributed by atoms with Crippen LogP contribution in [0.4, 0.5) is 11.8 Å². The summed E-state index contributed by atoms with van der Waals surface area (Å²) in [5, 5.41) is 3.25. The van der Waals surface area contributed by atoms with Crippen molar-refractivity contribution in [1.82, 2.24) is 9.97 Å². The third-order valence-electron chi connectivity index (χ3n) is 1.84. The van der Waals surface area contributed by atoms with Crippen LogP contribution < -0.4 is 10.2 Å². The Bertz CT molecular complexity index is 325. The van der Waals surface area contributed by atoms with E-state index in [0.29, 0.717) is 11.8 Å². The predicted octanol–water partition coefficient (Wildman–Crippen LogP) is 1.97. The molecule has 0 spiro atoms. The normalized spacial score (nSPS) is 11.3. The van der Waals surface area contributed by atoms with Crippen LogP contribution in [0.25, 0.3) is 0 Å². The number of nitrogens with zero attached hydrogens (tertiary/aromatic N) is 3. The van der Waals surface area contributed by atoms with Gasteiger partial charge in [-0.25, -0.2) is 4.98 Å². The van der Waals surface area contributed by atoms with Gasteiger partial charge in [-0.15, -0.1) is 11.6 Å². The van der Waals surface area contributed by atoms with E-state index < -0.39 is 0 Å². The number of alkyl halides is 1. The van der Waals surface area contributed by atoms with Gasteiger partial charge in [0.25, 0.3) is 0 Å². The summed E-state index contributed by atoms with van der Waals surface area (Å²) in [6.45, 7) is 4.05. The molecule has 0 saturated carbocycles. The smallest absolute Gasteiger partial charge is 0.226 e.